The molecule has 0 aliphatic rings. The lowest BCUT2D eigenvalue weighted by molar-refractivity contribution is -0.121. The fourth-order valence-corrected chi connectivity index (χ4v) is 2.27. The lowest BCUT2D eigenvalue weighted by Gasteiger charge is -2.33. The molecule has 124 valence electrons. The number of hydrogen-bond donors (Lipinski definition) is 3. The molecule has 0 saturated carbocycles. The van der Waals surface area contributed by atoms with Gasteiger partial charge in [-0.05, 0) is 18.9 Å². The highest BCUT2D eigenvalue weighted by atomic mass is 16.3. The Labute approximate surface area is 131 Å². The van der Waals surface area contributed by atoms with Gasteiger partial charge in [0, 0.05) is 12.0 Å². The number of hydrogen-bond acceptors (Lipinski definition) is 4. The quantitative estimate of drug-likeness (QED) is 0.711. The third-order valence-electron chi connectivity index (χ3n) is 3.69. The zero-order valence-corrected chi connectivity index (χ0v) is 13.9. The molecule has 22 heavy (non-hydrogen) atoms. The second-order valence-electron chi connectivity index (χ2n) is 6.53. The van der Waals surface area contributed by atoms with Crippen molar-refractivity contribution in [2.45, 2.75) is 40.7 Å². The van der Waals surface area contributed by atoms with Crippen LogP contribution in [0.5, 0.6) is 0 Å². The van der Waals surface area contributed by atoms with Crippen LogP contribution in [0.2, 0.25) is 0 Å². The maximum Gasteiger partial charge on any atom is 0.255 e. The van der Waals surface area contributed by atoms with Crippen LogP contribution in [0.1, 0.15) is 43.8 Å². The van der Waals surface area contributed by atoms with Gasteiger partial charge in [-0.3, -0.25) is 9.59 Å². The first-order chi connectivity index (χ1) is 10.1. The first-order valence-corrected chi connectivity index (χ1v) is 7.42. The van der Waals surface area contributed by atoms with Crippen LogP contribution < -0.4 is 10.6 Å². The van der Waals surface area contributed by atoms with E-state index in [0.717, 1.165) is 0 Å². The van der Waals surface area contributed by atoms with Crippen molar-refractivity contribution in [1.82, 2.24) is 10.6 Å². The van der Waals surface area contributed by atoms with Gasteiger partial charge in [-0.2, -0.15) is 0 Å². The van der Waals surface area contributed by atoms with Crippen LogP contribution in [0.25, 0.3) is 0 Å². The highest BCUT2D eigenvalue weighted by Gasteiger charge is 2.30. The molecule has 1 rings (SSSR count). The zero-order chi connectivity index (χ0) is 16.9. The van der Waals surface area contributed by atoms with Crippen LogP contribution in [0.4, 0.5) is 0 Å². The van der Waals surface area contributed by atoms with Gasteiger partial charge in [-0.15, -0.1) is 0 Å². The van der Waals surface area contributed by atoms with E-state index in [1.54, 1.807) is 13.0 Å². The number of amides is 2. The summed E-state index contributed by atoms with van der Waals surface area (Å²) in [4.78, 5) is 23.6. The molecule has 0 fully saturated rings. The second-order valence-corrected chi connectivity index (χ2v) is 6.53. The summed E-state index contributed by atoms with van der Waals surface area (Å²) in [6.45, 7) is 9.56. The van der Waals surface area contributed by atoms with Crippen LogP contribution in [-0.4, -0.2) is 36.1 Å². The summed E-state index contributed by atoms with van der Waals surface area (Å²) in [6.07, 6.45) is 0.913. The lowest BCUT2D eigenvalue weighted by atomic mass is 9.81. The van der Waals surface area contributed by atoms with E-state index in [-0.39, 0.29) is 24.3 Å². The van der Waals surface area contributed by atoms with Crippen LogP contribution in [0, 0.1) is 18.3 Å². The maximum atomic E-state index is 11.8. The van der Waals surface area contributed by atoms with Crippen LogP contribution in [-0.2, 0) is 4.79 Å². The van der Waals surface area contributed by atoms with Crippen LogP contribution >= 0.6 is 0 Å². The average molecular weight is 310 g/mol. The van der Waals surface area contributed by atoms with Crippen molar-refractivity contribution >= 4 is 11.8 Å². The molecule has 0 saturated heterocycles. The molecular weight excluding hydrogens is 284 g/mol. The number of aliphatic hydroxyl groups is 1. The fraction of sp³-hybridized carbons (Fsp3) is 0.625. The molecule has 0 aliphatic carbocycles. The summed E-state index contributed by atoms with van der Waals surface area (Å²) in [6, 6.07) is 1.56. The lowest BCUT2D eigenvalue weighted by Crippen LogP contribution is -2.46. The third-order valence-corrected chi connectivity index (χ3v) is 3.69. The van der Waals surface area contributed by atoms with E-state index in [9.17, 15) is 14.7 Å². The van der Waals surface area contributed by atoms with Crippen LogP contribution in [0.3, 0.4) is 0 Å². The summed E-state index contributed by atoms with van der Waals surface area (Å²) >= 11 is 0. The molecule has 0 spiro atoms. The van der Waals surface area contributed by atoms with E-state index in [2.05, 4.69) is 10.6 Å². The Morgan fingerprint density at radius 1 is 1.32 bits per heavy atom. The first-order valence-electron chi connectivity index (χ1n) is 7.42. The smallest absolute Gasteiger partial charge is 0.255 e. The predicted octanol–water partition coefficient (Wildman–Crippen LogP) is 1.48. The molecule has 2 amide bonds. The van der Waals surface area contributed by atoms with Crippen molar-refractivity contribution in [1.29, 1.82) is 0 Å². The Balaban J connectivity index is 2.41. The normalized spacial score (nSPS) is 13.0. The largest absolute Gasteiger partial charge is 0.469 e. The fourth-order valence-electron chi connectivity index (χ4n) is 2.27. The van der Waals surface area contributed by atoms with Gasteiger partial charge in [-0.25, -0.2) is 0 Å². The van der Waals surface area contributed by atoms with Crippen molar-refractivity contribution in [3.05, 3.63) is 23.7 Å². The number of carbonyl (C=O) groups is 2. The Kier molecular flexibility index (Phi) is 6.17. The standard InChI is InChI=1S/C16H26N2O4/c1-10(2)14(20)16(4,5)9-18-13(19)8-17-15(21)12-6-7-22-11(12)3/h6-7,10,14,20H,8-9H2,1-5H3,(H,17,21)(H,18,19). The maximum absolute atomic E-state index is 11.8. The van der Waals surface area contributed by atoms with Crippen molar-refractivity contribution in [2.75, 3.05) is 13.1 Å². The van der Waals surface area contributed by atoms with E-state index in [0.29, 0.717) is 17.9 Å². The molecule has 1 aromatic heterocycles. The van der Waals surface area contributed by atoms with E-state index < -0.39 is 11.5 Å². The van der Waals surface area contributed by atoms with Crippen molar-refractivity contribution in [3.63, 3.8) is 0 Å². The molecule has 6 heteroatoms. The highest BCUT2D eigenvalue weighted by Crippen LogP contribution is 2.24. The van der Waals surface area contributed by atoms with Gasteiger partial charge in [0.05, 0.1) is 24.5 Å². The van der Waals surface area contributed by atoms with Crippen molar-refractivity contribution in [2.24, 2.45) is 11.3 Å². The SMILES string of the molecule is Cc1occc1C(=O)NCC(=O)NCC(C)(C)C(O)C(C)C. The van der Waals surface area contributed by atoms with Gasteiger partial charge in [-0.1, -0.05) is 27.7 Å². The number of furan rings is 1. The number of aliphatic hydroxyl groups excluding tert-OH is 1. The molecule has 0 aliphatic heterocycles. The third kappa shape index (κ3) is 4.87. The number of carbonyl (C=O) groups excluding carboxylic acids is 2. The minimum atomic E-state index is -0.518. The first kappa shape index (κ1) is 18.2. The van der Waals surface area contributed by atoms with Crippen molar-refractivity contribution < 1.29 is 19.1 Å². The zero-order valence-electron chi connectivity index (χ0n) is 13.9. The Morgan fingerprint density at radius 2 is 1.95 bits per heavy atom. The molecule has 1 heterocycles. The Morgan fingerprint density at radius 3 is 2.45 bits per heavy atom. The summed E-state index contributed by atoms with van der Waals surface area (Å²) < 4.78 is 5.04. The van der Waals surface area contributed by atoms with Gasteiger partial charge in [0.1, 0.15) is 5.76 Å². The molecule has 6 nitrogen and oxygen atoms in total. The van der Waals surface area contributed by atoms with E-state index >= 15 is 0 Å². The number of nitrogens with one attached hydrogen (secondary N) is 2. The molecule has 1 aromatic rings. The molecule has 0 radical (unpaired) electrons. The predicted molar refractivity (Wildman–Crippen MR) is 83.4 cm³/mol. The van der Waals surface area contributed by atoms with E-state index in [1.165, 1.54) is 6.26 Å². The minimum absolute atomic E-state index is 0.107. The molecule has 3 N–H and O–H groups in total. The van der Waals surface area contributed by atoms with Gasteiger partial charge >= 0.3 is 0 Å². The topological polar surface area (TPSA) is 91.6 Å². The van der Waals surface area contributed by atoms with Crippen LogP contribution in [0.15, 0.2) is 16.7 Å². The average Bonchev–Trinajstić information content (AvgIpc) is 2.87. The monoisotopic (exact) mass is 310 g/mol. The van der Waals surface area contributed by atoms with Gasteiger partial charge in [0.2, 0.25) is 5.91 Å². The molecule has 1 unspecified atom stereocenters. The van der Waals surface area contributed by atoms with Gasteiger partial charge in [0.15, 0.2) is 0 Å². The molecular formula is C16H26N2O4. The molecule has 1 atom stereocenters. The Hall–Kier alpha value is -1.82. The van der Waals surface area contributed by atoms with Crippen molar-refractivity contribution in [3.8, 4) is 0 Å². The minimum Gasteiger partial charge on any atom is -0.469 e. The van der Waals surface area contributed by atoms with Gasteiger partial charge in [0.25, 0.3) is 5.91 Å². The van der Waals surface area contributed by atoms with E-state index in [4.69, 9.17) is 4.42 Å². The second kappa shape index (κ2) is 7.45. The summed E-state index contributed by atoms with van der Waals surface area (Å²) in [5.41, 5.74) is -0.0158. The molecule has 0 bridgehead atoms. The molecule has 0 aromatic carbocycles. The summed E-state index contributed by atoms with van der Waals surface area (Å²) in [5, 5.41) is 15.4. The number of rotatable bonds is 7. The summed E-state index contributed by atoms with van der Waals surface area (Å²) in [5.74, 6) is -0.0174. The van der Waals surface area contributed by atoms with Gasteiger partial charge < -0.3 is 20.2 Å². The van der Waals surface area contributed by atoms with E-state index in [1.807, 2.05) is 27.7 Å². The number of aryl methyl sites for hydroxylation is 1. The highest BCUT2D eigenvalue weighted by molar-refractivity contribution is 5.97. The summed E-state index contributed by atoms with van der Waals surface area (Å²) in [7, 11) is 0. The Bertz CT molecular complexity index is 520.